The van der Waals surface area contributed by atoms with Crippen molar-refractivity contribution in [1.82, 2.24) is 4.98 Å². The first-order chi connectivity index (χ1) is 8.74. The predicted molar refractivity (Wildman–Crippen MR) is 71.3 cm³/mol. The molecule has 1 saturated carbocycles. The predicted octanol–water partition coefficient (Wildman–Crippen LogP) is 2.86. The zero-order valence-corrected chi connectivity index (χ0v) is 11.1. The van der Waals surface area contributed by atoms with Crippen LogP contribution in [0.2, 0.25) is 0 Å². The van der Waals surface area contributed by atoms with E-state index in [2.05, 4.69) is 10.3 Å². The van der Waals surface area contributed by atoms with E-state index in [-0.39, 0.29) is 5.92 Å². The lowest BCUT2D eigenvalue weighted by Crippen LogP contribution is -2.09. The maximum absolute atomic E-state index is 11.1. The Balaban J connectivity index is 1.54. The Morgan fingerprint density at radius 3 is 3.00 bits per heavy atom. The van der Waals surface area contributed by atoms with Gasteiger partial charge in [0.2, 0.25) is 0 Å². The third kappa shape index (κ3) is 2.51. The number of nitrogens with zero attached hydrogens (tertiary/aromatic N) is 1. The van der Waals surface area contributed by atoms with Crippen molar-refractivity contribution in [2.24, 2.45) is 5.92 Å². The number of thiazole rings is 1. The third-order valence-electron chi connectivity index (χ3n) is 3.78. The van der Waals surface area contributed by atoms with Gasteiger partial charge in [0.05, 0.1) is 5.69 Å². The Kier molecular flexibility index (Phi) is 3.24. The lowest BCUT2D eigenvalue weighted by molar-refractivity contribution is -0.138. The van der Waals surface area contributed by atoms with Crippen LogP contribution in [-0.2, 0) is 11.2 Å². The second-order valence-corrected chi connectivity index (χ2v) is 6.35. The van der Waals surface area contributed by atoms with E-state index < -0.39 is 5.97 Å². The fourth-order valence-electron chi connectivity index (χ4n) is 2.54. The molecule has 0 bridgehead atoms. The smallest absolute Gasteiger partial charge is 0.312 e. The molecule has 0 radical (unpaired) electrons. The molecule has 2 aliphatic rings. The van der Waals surface area contributed by atoms with E-state index in [4.69, 9.17) is 5.11 Å². The Labute approximate surface area is 110 Å². The Hall–Kier alpha value is -1.10. The van der Waals surface area contributed by atoms with Gasteiger partial charge in [-0.2, -0.15) is 0 Å². The van der Waals surface area contributed by atoms with E-state index in [1.54, 1.807) is 11.3 Å². The Bertz CT molecular complexity index is 454. The topological polar surface area (TPSA) is 62.2 Å². The SMILES string of the molecule is O=C(O)C1CCc2sc(NCCCC3CC3)nc21. The highest BCUT2D eigenvalue weighted by Crippen LogP contribution is 2.38. The summed E-state index contributed by atoms with van der Waals surface area (Å²) in [6.07, 6.45) is 6.91. The standard InChI is InChI=1S/C13H18N2O2S/c16-12(17)9-5-6-10-11(9)15-13(18-10)14-7-1-2-8-3-4-8/h8-9H,1-7H2,(H,14,15)(H,16,17). The van der Waals surface area contributed by atoms with E-state index in [0.29, 0.717) is 6.42 Å². The van der Waals surface area contributed by atoms with E-state index in [0.717, 1.165) is 34.6 Å². The van der Waals surface area contributed by atoms with E-state index in [1.165, 1.54) is 25.7 Å². The molecule has 1 aromatic rings. The molecule has 0 saturated heterocycles. The molecule has 3 rings (SSSR count). The number of anilines is 1. The van der Waals surface area contributed by atoms with Gasteiger partial charge in [-0.25, -0.2) is 4.98 Å². The van der Waals surface area contributed by atoms with Gasteiger partial charge in [-0.3, -0.25) is 4.79 Å². The van der Waals surface area contributed by atoms with Gasteiger partial charge in [0.1, 0.15) is 5.92 Å². The number of fused-ring (bicyclic) bond motifs is 1. The first-order valence-corrected chi connectivity index (χ1v) is 7.52. The molecular weight excluding hydrogens is 248 g/mol. The van der Waals surface area contributed by atoms with Crippen LogP contribution in [0.4, 0.5) is 5.13 Å². The minimum absolute atomic E-state index is 0.377. The normalized spacial score (nSPS) is 21.9. The molecular formula is C13H18N2O2S. The Morgan fingerprint density at radius 1 is 1.44 bits per heavy atom. The summed E-state index contributed by atoms with van der Waals surface area (Å²) in [6.45, 7) is 0.959. The van der Waals surface area contributed by atoms with Gasteiger partial charge in [0.25, 0.3) is 0 Å². The average Bonchev–Trinajstić information content (AvgIpc) is 2.93. The number of aryl methyl sites for hydroxylation is 1. The summed E-state index contributed by atoms with van der Waals surface area (Å²) in [5, 5.41) is 13.3. The molecule has 2 N–H and O–H groups in total. The van der Waals surface area contributed by atoms with Crippen molar-refractivity contribution in [2.75, 3.05) is 11.9 Å². The van der Waals surface area contributed by atoms with Crippen LogP contribution in [0.25, 0.3) is 0 Å². The fourth-order valence-corrected chi connectivity index (χ4v) is 3.60. The van der Waals surface area contributed by atoms with Crippen molar-refractivity contribution in [3.8, 4) is 0 Å². The highest BCUT2D eigenvalue weighted by molar-refractivity contribution is 7.15. The lowest BCUT2D eigenvalue weighted by atomic mass is 10.1. The van der Waals surface area contributed by atoms with Gasteiger partial charge in [-0.05, 0) is 31.6 Å². The molecule has 4 nitrogen and oxygen atoms in total. The molecule has 1 atom stereocenters. The van der Waals surface area contributed by atoms with E-state index in [9.17, 15) is 4.79 Å². The molecule has 2 aliphatic carbocycles. The Morgan fingerprint density at radius 2 is 2.28 bits per heavy atom. The minimum Gasteiger partial charge on any atom is -0.481 e. The number of aromatic nitrogens is 1. The number of carbonyl (C=O) groups is 1. The van der Waals surface area contributed by atoms with Crippen molar-refractivity contribution >= 4 is 22.4 Å². The number of hydrogen-bond donors (Lipinski definition) is 2. The highest BCUT2D eigenvalue weighted by atomic mass is 32.1. The molecule has 1 unspecified atom stereocenters. The summed E-state index contributed by atoms with van der Waals surface area (Å²) < 4.78 is 0. The molecule has 1 aromatic heterocycles. The monoisotopic (exact) mass is 266 g/mol. The van der Waals surface area contributed by atoms with Gasteiger partial charge >= 0.3 is 5.97 Å². The molecule has 1 heterocycles. The number of rotatable bonds is 6. The number of aliphatic carboxylic acids is 1. The summed E-state index contributed by atoms with van der Waals surface area (Å²) in [5.41, 5.74) is 0.803. The molecule has 5 heteroatoms. The number of carboxylic acids is 1. The molecule has 98 valence electrons. The maximum Gasteiger partial charge on any atom is 0.312 e. The van der Waals surface area contributed by atoms with Crippen LogP contribution in [0.15, 0.2) is 0 Å². The summed E-state index contributed by atoms with van der Waals surface area (Å²) in [5.74, 6) is -0.137. The zero-order valence-electron chi connectivity index (χ0n) is 10.3. The van der Waals surface area contributed by atoms with Gasteiger partial charge in [0.15, 0.2) is 5.13 Å². The summed E-state index contributed by atoms with van der Waals surface area (Å²) in [4.78, 5) is 16.7. The van der Waals surface area contributed by atoms with Crippen LogP contribution in [0.5, 0.6) is 0 Å². The van der Waals surface area contributed by atoms with Crippen LogP contribution in [-0.4, -0.2) is 22.6 Å². The molecule has 0 aromatic carbocycles. The van der Waals surface area contributed by atoms with Crippen molar-refractivity contribution < 1.29 is 9.90 Å². The van der Waals surface area contributed by atoms with Gasteiger partial charge in [-0.1, -0.05) is 12.8 Å². The molecule has 0 amide bonds. The van der Waals surface area contributed by atoms with Crippen LogP contribution in [0, 0.1) is 5.92 Å². The summed E-state index contributed by atoms with van der Waals surface area (Å²) >= 11 is 1.63. The van der Waals surface area contributed by atoms with Crippen molar-refractivity contribution in [1.29, 1.82) is 0 Å². The fraction of sp³-hybridized carbons (Fsp3) is 0.692. The van der Waals surface area contributed by atoms with Crippen molar-refractivity contribution in [3.63, 3.8) is 0 Å². The van der Waals surface area contributed by atoms with Crippen LogP contribution < -0.4 is 5.32 Å². The van der Waals surface area contributed by atoms with Crippen LogP contribution >= 0.6 is 11.3 Å². The maximum atomic E-state index is 11.1. The number of hydrogen-bond acceptors (Lipinski definition) is 4. The van der Waals surface area contributed by atoms with Crippen molar-refractivity contribution in [3.05, 3.63) is 10.6 Å². The average molecular weight is 266 g/mol. The summed E-state index contributed by atoms with van der Waals surface area (Å²) in [7, 11) is 0. The van der Waals surface area contributed by atoms with Gasteiger partial charge in [0, 0.05) is 11.4 Å². The zero-order chi connectivity index (χ0) is 12.5. The minimum atomic E-state index is -0.737. The third-order valence-corrected chi connectivity index (χ3v) is 4.87. The van der Waals surface area contributed by atoms with Crippen LogP contribution in [0.1, 0.15) is 48.6 Å². The second kappa shape index (κ2) is 4.88. The van der Waals surface area contributed by atoms with Gasteiger partial charge in [-0.15, -0.1) is 11.3 Å². The van der Waals surface area contributed by atoms with E-state index >= 15 is 0 Å². The molecule has 0 aliphatic heterocycles. The van der Waals surface area contributed by atoms with Gasteiger partial charge < -0.3 is 10.4 Å². The number of nitrogens with one attached hydrogen (secondary N) is 1. The van der Waals surface area contributed by atoms with E-state index in [1.807, 2.05) is 0 Å². The lowest BCUT2D eigenvalue weighted by Gasteiger charge is -2.03. The number of carboxylic acid groups (broad SMARTS) is 1. The molecule has 18 heavy (non-hydrogen) atoms. The van der Waals surface area contributed by atoms with Crippen molar-refractivity contribution in [2.45, 2.75) is 44.4 Å². The first-order valence-electron chi connectivity index (χ1n) is 6.70. The quantitative estimate of drug-likeness (QED) is 0.777. The largest absolute Gasteiger partial charge is 0.481 e. The second-order valence-electron chi connectivity index (χ2n) is 5.27. The highest BCUT2D eigenvalue weighted by Gasteiger charge is 2.32. The first kappa shape index (κ1) is 12.0. The molecule has 0 spiro atoms. The van der Waals surface area contributed by atoms with Crippen LogP contribution in [0.3, 0.4) is 0 Å². The molecule has 1 fully saturated rings. The summed E-state index contributed by atoms with van der Waals surface area (Å²) in [6, 6.07) is 0.